The van der Waals surface area contributed by atoms with Crippen molar-refractivity contribution in [3.05, 3.63) is 18.2 Å². The van der Waals surface area contributed by atoms with Crippen LogP contribution in [0.15, 0.2) is 12.4 Å². The quantitative estimate of drug-likeness (QED) is 0.875. The van der Waals surface area contributed by atoms with Crippen LogP contribution in [0.5, 0.6) is 0 Å². The van der Waals surface area contributed by atoms with Gasteiger partial charge in [-0.15, -0.1) is 0 Å². The van der Waals surface area contributed by atoms with Crippen molar-refractivity contribution in [2.45, 2.75) is 32.5 Å². The number of rotatable bonds is 3. The molecule has 96 valence electrons. The zero-order valence-electron chi connectivity index (χ0n) is 9.89. The van der Waals surface area contributed by atoms with Crippen LogP contribution >= 0.6 is 0 Å². The van der Waals surface area contributed by atoms with Crippen LogP contribution in [0.4, 0.5) is 8.78 Å². The van der Waals surface area contributed by atoms with Gasteiger partial charge in [-0.25, -0.2) is 4.98 Å². The lowest BCUT2D eigenvalue weighted by molar-refractivity contribution is 0.0615. The third-order valence-electron chi connectivity index (χ3n) is 3.09. The molecule has 2 atom stereocenters. The summed E-state index contributed by atoms with van der Waals surface area (Å²) in [7, 11) is 0. The summed E-state index contributed by atoms with van der Waals surface area (Å²) < 4.78 is 26.2. The Bertz CT molecular complexity index is 356. The first-order valence-electron chi connectivity index (χ1n) is 5.84. The Labute approximate surface area is 99.4 Å². The van der Waals surface area contributed by atoms with Crippen molar-refractivity contribution in [2.24, 2.45) is 11.7 Å². The molecule has 0 radical (unpaired) electrons. The molecule has 0 amide bonds. The maximum atomic E-state index is 12.6. The smallest absolute Gasteiger partial charge is 0.319 e. The molecule has 2 heterocycles. The van der Waals surface area contributed by atoms with E-state index in [-0.39, 0.29) is 6.04 Å². The van der Waals surface area contributed by atoms with Crippen LogP contribution in [0.1, 0.15) is 25.7 Å². The molecule has 0 aromatic carbocycles. The summed E-state index contributed by atoms with van der Waals surface area (Å²) in [6.45, 7) is 1.69. The first-order chi connectivity index (χ1) is 8.06. The molecule has 1 aromatic rings. The molecule has 2 rings (SSSR count). The second-order valence-corrected chi connectivity index (χ2v) is 4.82. The monoisotopic (exact) mass is 244 g/mol. The number of piperidine rings is 1. The first kappa shape index (κ1) is 12.4. The highest BCUT2D eigenvalue weighted by atomic mass is 19.3. The lowest BCUT2D eigenvalue weighted by Crippen LogP contribution is -2.46. The van der Waals surface area contributed by atoms with Crippen molar-refractivity contribution < 1.29 is 8.78 Å². The average Bonchev–Trinajstić information content (AvgIpc) is 2.63. The number of nitrogens with zero attached hydrogens (tertiary/aromatic N) is 3. The molecule has 1 saturated heterocycles. The number of aromatic nitrogens is 2. The average molecular weight is 244 g/mol. The number of likely N-dealkylation sites (tertiary alicyclic amines) is 1. The number of imidazole rings is 1. The molecule has 6 heteroatoms. The largest absolute Gasteiger partial charge is 0.327 e. The lowest BCUT2D eigenvalue weighted by Gasteiger charge is -2.34. The van der Waals surface area contributed by atoms with Crippen molar-refractivity contribution in [3.63, 3.8) is 0 Å². The van der Waals surface area contributed by atoms with Gasteiger partial charge in [-0.2, -0.15) is 8.78 Å². The summed E-state index contributed by atoms with van der Waals surface area (Å²) in [6, 6.07) is 0.133. The topological polar surface area (TPSA) is 47.1 Å². The van der Waals surface area contributed by atoms with E-state index in [9.17, 15) is 8.78 Å². The van der Waals surface area contributed by atoms with E-state index in [1.165, 1.54) is 12.4 Å². The summed E-state index contributed by atoms with van der Waals surface area (Å²) in [5.74, 6) is 0.912. The Morgan fingerprint density at radius 3 is 2.94 bits per heavy atom. The van der Waals surface area contributed by atoms with Gasteiger partial charge in [-0.05, 0) is 12.3 Å². The molecule has 1 fully saturated rings. The van der Waals surface area contributed by atoms with Crippen LogP contribution in [0.2, 0.25) is 0 Å². The van der Waals surface area contributed by atoms with Gasteiger partial charge in [0, 0.05) is 31.5 Å². The molecule has 4 nitrogen and oxygen atoms in total. The highest BCUT2D eigenvalue weighted by Gasteiger charge is 2.23. The van der Waals surface area contributed by atoms with E-state index in [1.54, 1.807) is 0 Å². The van der Waals surface area contributed by atoms with Gasteiger partial charge >= 0.3 is 6.55 Å². The van der Waals surface area contributed by atoms with Gasteiger partial charge < -0.3 is 5.73 Å². The highest BCUT2D eigenvalue weighted by molar-refractivity contribution is 4.94. The molecular formula is C11H18F2N4. The summed E-state index contributed by atoms with van der Waals surface area (Å²) >= 11 is 0. The van der Waals surface area contributed by atoms with Crippen molar-refractivity contribution >= 4 is 0 Å². The number of nitrogens with two attached hydrogens (primary N) is 1. The Kier molecular flexibility index (Phi) is 3.73. The van der Waals surface area contributed by atoms with Crippen LogP contribution in [0, 0.1) is 5.92 Å². The van der Waals surface area contributed by atoms with E-state index < -0.39 is 6.55 Å². The van der Waals surface area contributed by atoms with Gasteiger partial charge in [0.05, 0.1) is 6.54 Å². The van der Waals surface area contributed by atoms with Gasteiger partial charge in [0.2, 0.25) is 0 Å². The van der Waals surface area contributed by atoms with E-state index >= 15 is 0 Å². The van der Waals surface area contributed by atoms with E-state index in [2.05, 4.69) is 16.8 Å². The van der Waals surface area contributed by atoms with E-state index in [4.69, 9.17) is 5.73 Å². The van der Waals surface area contributed by atoms with Crippen molar-refractivity contribution in [1.29, 1.82) is 0 Å². The molecule has 2 N–H and O–H groups in total. The van der Waals surface area contributed by atoms with Gasteiger partial charge in [0.25, 0.3) is 0 Å². The van der Waals surface area contributed by atoms with Crippen molar-refractivity contribution in [1.82, 2.24) is 14.5 Å². The molecule has 1 aliphatic rings. The summed E-state index contributed by atoms with van der Waals surface area (Å²) in [6.07, 6.45) is 3.72. The van der Waals surface area contributed by atoms with E-state index in [0.717, 1.165) is 24.1 Å². The highest BCUT2D eigenvalue weighted by Crippen LogP contribution is 2.19. The summed E-state index contributed by atoms with van der Waals surface area (Å²) in [5, 5.41) is 0. The number of hydrogen-bond acceptors (Lipinski definition) is 3. The predicted molar refractivity (Wildman–Crippen MR) is 60.5 cm³/mol. The number of alkyl halides is 2. The van der Waals surface area contributed by atoms with Crippen LogP contribution in [-0.2, 0) is 6.54 Å². The SMILES string of the molecule is CC1CC(N)CN(Cc2nccn2C(F)F)C1. The molecular weight excluding hydrogens is 226 g/mol. The third-order valence-corrected chi connectivity index (χ3v) is 3.09. The summed E-state index contributed by atoms with van der Waals surface area (Å²) in [5.41, 5.74) is 5.93. The maximum Gasteiger partial charge on any atom is 0.319 e. The molecule has 17 heavy (non-hydrogen) atoms. The normalized spacial score (nSPS) is 26.6. The van der Waals surface area contributed by atoms with E-state index in [0.29, 0.717) is 18.3 Å². The second-order valence-electron chi connectivity index (χ2n) is 4.82. The van der Waals surface area contributed by atoms with Crippen LogP contribution < -0.4 is 5.73 Å². The molecule has 1 aromatic heterocycles. The minimum Gasteiger partial charge on any atom is -0.327 e. The fraction of sp³-hybridized carbons (Fsp3) is 0.727. The second kappa shape index (κ2) is 5.10. The first-order valence-corrected chi connectivity index (χ1v) is 5.84. The van der Waals surface area contributed by atoms with Gasteiger partial charge in [-0.1, -0.05) is 6.92 Å². The Morgan fingerprint density at radius 1 is 1.53 bits per heavy atom. The Morgan fingerprint density at radius 2 is 2.29 bits per heavy atom. The molecule has 1 aliphatic heterocycles. The van der Waals surface area contributed by atoms with Crippen LogP contribution in [0.3, 0.4) is 0 Å². The molecule has 0 saturated carbocycles. The maximum absolute atomic E-state index is 12.6. The molecule has 0 spiro atoms. The minimum atomic E-state index is -2.52. The van der Waals surface area contributed by atoms with E-state index in [1.807, 2.05) is 0 Å². The minimum absolute atomic E-state index is 0.133. The number of halogens is 2. The van der Waals surface area contributed by atoms with Crippen molar-refractivity contribution in [2.75, 3.05) is 13.1 Å². The van der Waals surface area contributed by atoms with Gasteiger partial charge in [0.1, 0.15) is 5.82 Å². The molecule has 0 aliphatic carbocycles. The summed E-state index contributed by atoms with van der Waals surface area (Å²) in [4.78, 5) is 6.08. The standard InChI is InChI=1S/C11H18F2N4/c1-8-4-9(14)6-16(5-8)7-10-15-2-3-17(10)11(12)13/h2-3,8-9,11H,4-7,14H2,1H3. The van der Waals surface area contributed by atoms with Crippen LogP contribution in [-0.4, -0.2) is 33.6 Å². The Balaban J connectivity index is 2.02. The fourth-order valence-corrected chi connectivity index (χ4v) is 2.49. The lowest BCUT2D eigenvalue weighted by atomic mass is 9.97. The van der Waals surface area contributed by atoms with Crippen LogP contribution in [0.25, 0.3) is 0 Å². The fourth-order valence-electron chi connectivity index (χ4n) is 2.49. The zero-order chi connectivity index (χ0) is 12.4. The number of hydrogen-bond donors (Lipinski definition) is 1. The Hall–Kier alpha value is -1.01. The third kappa shape index (κ3) is 3.01. The molecule has 0 bridgehead atoms. The van der Waals surface area contributed by atoms with Gasteiger partial charge in [-0.3, -0.25) is 9.47 Å². The predicted octanol–water partition coefficient (Wildman–Crippen LogP) is 1.45. The molecule has 2 unspecified atom stereocenters. The van der Waals surface area contributed by atoms with Crippen molar-refractivity contribution in [3.8, 4) is 0 Å². The van der Waals surface area contributed by atoms with Gasteiger partial charge in [0.15, 0.2) is 0 Å². The zero-order valence-corrected chi connectivity index (χ0v) is 9.89.